The van der Waals surface area contributed by atoms with Crippen LogP contribution in [-0.4, -0.2) is 11.8 Å². The van der Waals surface area contributed by atoms with Gasteiger partial charge in [0.1, 0.15) is 22.9 Å². The molecule has 1 aliphatic rings. The topological polar surface area (TPSA) is 62.6 Å². The molecule has 1 aromatic heterocycles. The maximum absolute atomic E-state index is 14.1. The summed E-state index contributed by atoms with van der Waals surface area (Å²) >= 11 is 3.20. The van der Waals surface area contributed by atoms with E-state index in [-0.39, 0.29) is 16.9 Å². The van der Waals surface area contributed by atoms with Crippen LogP contribution >= 0.6 is 15.9 Å². The summed E-state index contributed by atoms with van der Waals surface area (Å²) in [5, 5.41) is 1.17. The molecule has 4 rings (SSSR count). The first kappa shape index (κ1) is 17.2. The maximum Gasteiger partial charge on any atom is 0.282 e. The highest BCUT2D eigenvalue weighted by molar-refractivity contribution is 9.10. The zero-order chi connectivity index (χ0) is 19.0. The number of nitrogens with one attached hydrogen (secondary N) is 1. The molecule has 0 unspecified atom stereocenters. The van der Waals surface area contributed by atoms with Crippen molar-refractivity contribution in [2.45, 2.75) is 0 Å². The summed E-state index contributed by atoms with van der Waals surface area (Å²) in [7, 11) is 0. The van der Waals surface area contributed by atoms with Crippen molar-refractivity contribution in [3.63, 3.8) is 0 Å². The van der Waals surface area contributed by atoms with E-state index in [9.17, 15) is 14.0 Å². The predicted octanol–water partition coefficient (Wildman–Crippen LogP) is 4.31. The minimum absolute atomic E-state index is 0.0592. The molecule has 0 spiro atoms. The van der Waals surface area contributed by atoms with Gasteiger partial charge in [-0.2, -0.15) is 0 Å². The molecule has 2 amide bonds. The standard InChI is InChI=1S/C20H12BrFN2O3/c21-12-6-8-15(17(22)10-12)18-9-7-14(27-18)11-16-19(25)23-24(20(16)26)13-4-2-1-3-5-13/h1-11H,(H,23,25)/b16-11-. The van der Waals surface area contributed by atoms with Gasteiger partial charge in [-0.3, -0.25) is 15.0 Å². The van der Waals surface area contributed by atoms with Crippen molar-refractivity contribution in [1.82, 2.24) is 5.43 Å². The number of para-hydroxylation sites is 1. The van der Waals surface area contributed by atoms with Gasteiger partial charge in [0.25, 0.3) is 11.8 Å². The number of furan rings is 1. The molecule has 27 heavy (non-hydrogen) atoms. The fourth-order valence-electron chi connectivity index (χ4n) is 2.72. The number of hydrogen-bond acceptors (Lipinski definition) is 3. The van der Waals surface area contributed by atoms with E-state index < -0.39 is 17.6 Å². The highest BCUT2D eigenvalue weighted by Crippen LogP contribution is 2.29. The number of hydrazine groups is 1. The molecule has 7 heteroatoms. The second-order valence-electron chi connectivity index (χ2n) is 5.80. The Morgan fingerprint density at radius 1 is 1.04 bits per heavy atom. The maximum atomic E-state index is 14.1. The molecule has 0 aliphatic carbocycles. The quantitative estimate of drug-likeness (QED) is 0.501. The third-order valence-electron chi connectivity index (χ3n) is 4.02. The Balaban J connectivity index is 1.63. The van der Waals surface area contributed by atoms with E-state index >= 15 is 0 Å². The SMILES string of the molecule is O=C1NN(c2ccccc2)C(=O)/C1=C\c1ccc(-c2ccc(Br)cc2F)o1. The Morgan fingerprint density at radius 3 is 2.56 bits per heavy atom. The van der Waals surface area contributed by atoms with E-state index in [2.05, 4.69) is 21.4 Å². The lowest BCUT2D eigenvalue weighted by molar-refractivity contribution is -0.117. The van der Waals surface area contributed by atoms with Gasteiger partial charge in [-0.05, 0) is 48.5 Å². The van der Waals surface area contributed by atoms with Gasteiger partial charge in [0, 0.05) is 4.47 Å². The van der Waals surface area contributed by atoms with E-state index in [1.54, 1.807) is 48.5 Å². The molecule has 0 radical (unpaired) electrons. The third-order valence-corrected chi connectivity index (χ3v) is 4.51. The number of benzene rings is 2. The smallest absolute Gasteiger partial charge is 0.282 e. The molecular formula is C20H12BrFN2O3. The van der Waals surface area contributed by atoms with Gasteiger partial charge in [-0.25, -0.2) is 9.40 Å². The molecule has 0 bridgehead atoms. The van der Waals surface area contributed by atoms with Crippen LogP contribution in [0.3, 0.4) is 0 Å². The number of amides is 2. The first-order valence-electron chi connectivity index (χ1n) is 8.00. The van der Waals surface area contributed by atoms with E-state index in [0.717, 1.165) is 0 Å². The second-order valence-corrected chi connectivity index (χ2v) is 6.72. The normalized spacial score (nSPS) is 15.5. The average Bonchev–Trinajstić information content (AvgIpc) is 3.22. The summed E-state index contributed by atoms with van der Waals surface area (Å²) < 4.78 is 20.3. The zero-order valence-electron chi connectivity index (χ0n) is 13.8. The molecular weight excluding hydrogens is 415 g/mol. The summed E-state index contributed by atoms with van der Waals surface area (Å²) in [6.45, 7) is 0. The fourth-order valence-corrected chi connectivity index (χ4v) is 3.06. The molecule has 1 N–H and O–H groups in total. The van der Waals surface area contributed by atoms with E-state index in [4.69, 9.17) is 4.42 Å². The number of hydrogen-bond donors (Lipinski definition) is 1. The molecule has 0 saturated carbocycles. The number of nitrogens with zero attached hydrogens (tertiary/aromatic N) is 1. The zero-order valence-corrected chi connectivity index (χ0v) is 15.4. The van der Waals surface area contributed by atoms with Crippen LogP contribution in [-0.2, 0) is 9.59 Å². The summed E-state index contributed by atoms with van der Waals surface area (Å²) in [6.07, 6.45) is 1.35. The third kappa shape index (κ3) is 3.29. The van der Waals surface area contributed by atoms with Gasteiger partial charge in [-0.1, -0.05) is 34.1 Å². The van der Waals surface area contributed by atoms with E-state index in [1.165, 1.54) is 17.2 Å². The van der Waals surface area contributed by atoms with Gasteiger partial charge in [0.2, 0.25) is 0 Å². The lowest BCUT2D eigenvalue weighted by Gasteiger charge is -2.13. The number of rotatable bonds is 3. The Labute approximate surface area is 162 Å². The van der Waals surface area contributed by atoms with Gasteiger partial charge in [0.15, 0.2) is 0 Å². The number of halogens is 2. The Hall–Kier alpha value is -3.19. The predicted molar refractivity (Wildman–Crippen MR) is 102 cm³/mol. The van der Waals surface area contributed by atoms with Crippen LogP contribution < -0.4 is 10.4 Å². The van der Waals surface area contributed by atoms with Gasteiger partial charge >= 0.3 is 0 Å². The van der Waals surface area contributed by atoms with Crippen LogP contribution in [0.25, 0.3) is 17.4 Å². The molecule has 2 heterocycles. The van der Waals surface area contributed by atoms with Crippen molar-refractivity contribution in [3.05, 3.63) is 82.3 Å². The molecule has 134 valence electrons. The van der Waals surface area contributed by atoms with Crippen LogP contribution in [0.5, 0.6) is 0 Å². The van der Waals surface area contributed by atoms with Gasteiger partial charge in [0.05, 0.1) is 11.3 Å². The van der Waals surface area contributed by atoms with Crippen molar-refractivity contribution in [1.29, 1.82) is 0 Å². The lowest BCUT2D eigenvalue weighted by atomic mass is 10.1. The van der Waals surface area contributed by atoms with Crippen LogP contribution in [0.15, 0.2) is 75.1 Å². The summed E-state index contributed by atoms with van der Waals surface area (Å²) in [5.74, 6) is -0.878. The Kier molecular flexibility index (Phi) is 4.37. The van der Waals surface area contributed by atoms with Crippen molar-refractivity contribution in [3.8, 4) is 11.3 Å². The van der Waals surface area contributed by atoms with E-state index in [0.29, 0.717) is 15.9 Å². The summed E-state index contributed by atoms with van der Waals surface area (Å²) in [4.78, 5) is 24.7. The molecule has 5 nitrogen and oxygen atoms in total. The first-order chi connectivity index (χ1) is 13.0. The van der Waals surface area contributed by atoms with Crippen LogP contribution in [0.4, 0.5) is 10.1 Å². The molecule has 2 aromatic carbocycles. The highest BCUT2D eigenvalue weighted by Gasteiger charge is 2.34. The lowest BCUT2D eigenvalue weighted by Crippen LogP contribution is -2.35. The largest absolute Gasteiger partial charge is 0.457 e. The Bertz CT molecular complexity index is 1080. The minimum atomic E-state index is -0.531. The van der Waals surface area contributed by atoms with Crippen molar-refractivity contribution >= 4 is 39.5 Å². The van der Waals surface area contributed by atoms with Crippen LogP contribution in [0.2, 0.25) is 0 Å². The van der Waals surface area contributed by atoms with Crippen molar-refractivity contribution in [2.24, 2.45) is 0 Å². The molecule has 1 fully saturated rings. The summed E-state index contributed by atoms with van der Waals surface area (Å²) in [6, 6.07) is 16.6. The van der Waals surface area contributed by atoms with Crippen LogP contribution in [0.1, 0.15) is 5.76 Å². The van der Waals surface area contributed by atoms with Gasteiger partial charge in [-0.15, -0.1) is 0 Å². The van der Waals surface area contributed by atoms with Gasteiger partial charge < -0.3 is 4.42 Å². The number of carbonyl (C=O) groups excluding carboxylic acids is 2. The highest BCUT2D eigenvalue weighted by atomic mass is 79.9. The fraction of sp³-hybridized carbons (Fsp3) is 0. The molecule has 0 atom stereocenters. The van der Waals surface area contributed by atoms with Crippen molar-refractivity contribution in [2.75, 3.05) is 5.01 Å². The van der Waals surface area contributed by atoms with Crippen LogP contribution in [0, 0.1) is 5.82 Å². The number of anilines is 1. The Morgan fingerprint density at radius 2 is 1.81 bits per heavy atom. The first-order valence-corrected chi connectivity index (χ1v) is 8.80. The van der Waals surface area contributed by atoms with Crippen molar-refractivity contribution < 1.29 is 18.4 Å². The monoisotopic (exact) mass is 426 g/mol. The number of carbonyl (C=O) groups is 2. The molecule has 1 saturated heterocycles. The molecule has 3 aromatic rings. The summed E-state index contributed by atoms with van der Waals surface area (Å²) in [5.41, 5.74) is 3.29. The van der Waals surface area contributed by atoms with E-state index in [1.807, 2.05) is 6.07 Å². The second kappa shape index (κ2) is 6.85. The minimum Gasteiger partial charge on any atom is -0.457 e. The molecule has 1 aliphatic heterocycles. The average molecular weight is 427 g/mol.